The third kappa shape index (κ3) is 17.0. The first-order valence-corrected chi connectivity index (χ1v) is 23.7. The predicted molar refractivity (Wildman–Crippen MR) is 261 cm³/mol. The van der Waals surface area contributed by atoms with Crippen LogP contribution in [-0.4, -0.2) is 185 Å². The highest BCUT2D eigenvalue weighted by molar-refractivity contribution is 6.04. The number of piperidine rings is 1. The Morgan fingerprint density at radius 1 is 0.620 bits per heavy atom. The lowest BCUT2D eigenvalue weighted by Gasteiger charge is -2.37. The van der Waals surface area contributed by atoms with E-state index >= 15 is 0 Å². The monoisotopic (exact) mass is 990 g/mol. The highest BCUT2D eigenvalue weighted by Gasteiger charge is 2.23. The van der Waals surface area contributed by atoms with E-state index in [1.807, 2.05) is 0 Å². The third-order valence-corrected chi connectivity index (χ3v) is 11.9. The van der Waals surface area contributed by atoms with Gasteiger partial charge in [-0.1, -0.05) is 0 Å². The Morgan fingerprint density at radius 2 is 1.15 bits per heavy atom. The summed E-state index contributed by atoms with van der Waals surface area (Å²) < 4.78 is 22.6. The highest BCUT2D eigenvalue weighted by Crippen LogP contribution is 2.18. The van der Waals surface area contributed by atoms with Crippen molar-refractivity contribution < 1.29 is 47.8 Å². The Bertz CT molecular complexity index is 2440. The number of aldehydes is 1. The van der Waals surface area contributed by atoms with Gasteiger partial charge in [-0.15, -0.1) is 0 Å². The van der Waals surface area contributed by atoms with Crippen molar-refractivity contribution in [2.45, 2.75) is 25.7 Å². The van der Waals surface area contributed by atoms with Crippen LogP contribution in [-0.2, 0) is 56.8 Å². The number of piperazine rings is 1. The fourth-order valence-electron chi connectivity index (χ4n) is 8.06. The maximum atomic E-state index is 13.2. The summed E-state index contributed by atoms with van der Waals surface area (Å²) in [5, 5.41) is 19.3. The van der Waals surface area contributed by atoms with Gasteiger partial charge in [0.05, 0.1) is 50.1 Å². The summed E-state index contributed by atoms with van der Waals surface area (Å²) in [6.07, 6.45) is 9.12. The van der Waals surface area contributed by atoms with E-state index in [0.29, 0.717) is 49.8 Å². The minimum Gasteiger partial charge on any atom is -0.378 e. The number of imidazole rings is 2. The number of hydrogen-bond acceptors (Lipinski definition) is 15. The smallest absolute Gasteiger partial charge is 0.291 e. The lowest BCUT2D eigenvalue weighted by atomic mass is 9.97. The number of aromatic nitrogens is 6. The molecule has 6 amide bonds. The summed E-state index contributed by atoms with van der Waals surface area (Å²) in [6, 6.07) is 2.97. The van der Waals surface area contributed by atoms with Crippen LogP contribution >= 0.6 is 0 Å². The van der Waals surface area contributed by atoms with E-state index in [4.69, 9.17) is 14.2 Å². The molecule has 4 aromatic heterocycles. The normalized spacial score (nSPS) is 14.5. The van der Waals surface area contributed by atoms with Crippen LogP contribution in [0.1, 0.15) is 67.9 Å². The Hall–Kier alpha value is -6.77. The number of amides is 6. The van der Waals surface area contributed by atoms with Gasteiger partial charge in [0.15, 0.2) is 17.9 Å². The number of anilines is 4. The Labute approximate surface area is 411 Å². The SMILES string of the molecule is Cn1cc(NC(=O)c2nc(NC(=O)CCNC(=O)c3cc(NC(=O)c4nc(NC(=O)CCNC(=O)COCCOCCOCCN5CCN(CC6CCNCC6)CC5)cn4C)cn3C)cn2C)cc1C=O. The molecule has 386 valence electrons. The fraction of sp³-hybridized carbons (Fsp3) is 0.543. The number of ether oxygens (including phenoxy) is 3. The first kappa shape index (κ1) is 53.6. The second kappa shape index (κ2) is 27.0. The van der Waals surface area contributed by atoms with Crippen molar-refractivity contribution in [2.75, 3.05) is 126 Å². The Balaban J connectivity index is 0.787. The van der Waals surface area contributed by atoms with Gasteiger partial charge in [0, 0.05) is 118 Å². The molecular weight excluding hydrogens is 923 g/mol. The van der Waals surface area contributed by atoms with E-state index in [1.54, 1.807) is 39.0 Å². The molecule has 25 nitrogen and oxygen atoms in total. The molecule has 6 heterocycles. The number of carbonyl (C=O) groups is 7. The van der Waals surface area contributed by atoms with Gasteiger partial charge >= 0.3 is 0 Å². The van der Waals surface area contributed by atoms with Gasteiger partial charge in [0.2, 0.25) is 29.4 Å². The molecule has 71 heavy (non-hydrogen) atoms. The Morgan fingerprint density at radius 3 is 1.75 bits per heavy atom. The number of nitrogens with zero attached hydrogens (tertiary/aromatic N) is 8. The second-order valence-electron chi connectivity index (χ2n) is 17.5. The van der Waals surface area contributed by atoms with Crippen LogP contribution in [0.3, 0.4) is 0 Å². The molecule has 6 rings (SSSR count). The molecule has 0 atom stereocenters. The minimum atomic E-state index is -0.603. The number of aryl methyl sites for hydroxylation is 4. The fourth-order valence-corrected chi connectivity index (χ4v) is 8.06. The van der Waals surface area contributed by atoms with E-state index in [1.165, 1.54) is 63.8 Å². The molecule has 2 saturated heterocycles. The predicted octanol–water partition coefficient (Wildman–Crippen LogP) is 0.0181. The second-order valence-corrected chi connectivity index (χ2v) is 17.5. The molecule has 0 bridgehead atoms. The number of hydrogen-bond donors (Lipinski definition) is 7. The van der Waals surface area contributed by atoms with Crippen LogP contribution in [0.25, 0.3) is 0 Å². The van der Waals surface area contributed by atoms with E-state index < -0.39 is 29.5 Å². The molecule has 0 aromatic carbocycles. The van der Waals surface area contributed by atoms with Gasteiger partial charge in [-0.05, 0) is 44.0 Å². The molecule has 2 fully saturated rings. The summed E-state index contributed by atoms with van der Waals surface area (Å²) in [7, 11) is 6.45. The topological polar surface area (TPSA) is 283 Å². The Kier molecular flexibility index (Phi) is 20.4. The van der Waals surface area contributed by atoms with Crippen molar-refractivity contribution in [1.82, 2.24) is 54.0 Å². The van der Waals surface area contributed by atoms with Crippen molar-refractivity contribution in [1.29, 1.82) is 0 Å². The summed E-state index contributed by atoms with van der Waals surface area (Å²) in [4.78, 5) is 101. The van der Waals surface area contributed by atoms with Crippen LogP contribution in [0.15, 0.2) is 36.9 Å². The van der Waals surface area contributed by atoms with Gasteiger partial charge < -0.3 is 74.6 Å². The zero-order chi connectivity index (χ0) is 50.7. The maximum absolute atomic E-state index is 13.2. The van der Waals surface area contributed by atoms with Crippen molar-refractivity contribution in [3.05, 3.63) is 60.0 Å². The summed E-state index contributed by atoms with van der Waals surface area (Å²) in [5.74, 6) is -1.84. The quantitative estimate of drug-likeness (QED) is 0.0306. The van der Waals surface area contributed by atoms with Crippen LogP contribution in [0.2, 0.25) is 0 Å². The van der Waals surface area contributed by atoms with E-state index in [2.05, 4.69) is 57.0 Å². The standard InChI is InChI=1S/C46H67N15O10/c1-56-26-33(23-35(56)30-62)50-45(67)42-54-38(29-58(42)3)53-40(64)8-12-49-44(66)36-24-34(27-57(36)2)51-46(68)43-55-37(28-59(43)4)52-39(63)7-11-48-41(65)31-71-22-21-70-20-19-69-18-17-60-13-15-61(16-14-60)25-32-5-9-47-10-6-32/h23-24,26-30,32,47H,5-22,25,31H2,1-4H3,(H,48,65)(H,49,66)(H,50,67)(H,51,68)(H,52,63)(H,53,64). The summed E-state index contributed by atoms with van der Waals surface area (Å²) in [6.45, 7) is 10.8. The minimum absolute atomic E-state index is 0.0178. The number of nitrogens with one attached hydrogen (secondary N) is 7. The van der Waals surface area contributed by atoms with E-state index in [9.17, 15) is 33.6 Å². The molecule has 7 N–H and O–H groups in total. The maximum Gasteiger partial charge on any atom is 0.291 e. The zero-order valence-corrected chi connectivity index (χ0v) is 40.9. The molecule has 0 spiro atoms. The summed E-state index contributed by atoms with van der Waals surface area (Å²) >= 11 is 0. The van der Waals surface area contributed by atoms with Crippen LogP contribution in [0.5, 0.6) is 0 Å². The molecule has 0 aliphatic carbocycles. The molecule has 2 aliphatic heterocycles. The number of rotatable bonds is 27. The van der Waals surface area contributed by atoms with E-state index in [0.717, 1.165) is 51.7 Å². The highest BCUT2D eigenvalue weighted by atomic mass is 16.5. The van der Waals surface area contributed by atoms with Crippen LogP contribution < -0.4 is 37.2 Å². The van der Waals surface area contributed by atoms with Gasteiger partial charge in [-0.2, -0.15) is 0 Å². The third-order valence-electron chi connectivity index (χ3n) is 11.9. The first-order valence-electron chi connectivity index (χ1n) is 23.7. The van der Waals surface area contributed by atoms with Crippen molar-refractivity contribution in [3.8, 4) is 0 Å². The molecule has 0 radical (unpaired) electrons. The van der Waals surface area contributed by atoms with Crippen molar-refractivity contribution in [2.24, 2.45) is 34.1 Å². The molecule has 0 unspecified atom stereocenters. The summed E-state index contributed by atoms with van der Waals surface area (Å²) in [5.41, 5.74) is 1.28. The van der Waals surface area contributed by atoms with E-state index in [-0.39, 0.29) is 74.0 Å². The average Bonchev–Trinajstić information content (AvgIpc) is 4.11. The van der Waals surface area contributed by atoms with Gasteiger partial charge in [-0.25, -0.2) is 9.97 Å². The average molecular weight is 990 g/mol. The van der Waals surface area contributed by atoms with Crippen LogP contribution in [0, 0.1) is 5.92 Å². The molecule has 25 heteroatoms. The van der Waals surface area contributed by atoms with Crippen LogP contribution in [0.4, 0.5) is 23.0 Å². The largest absolute Gasteiger partial charge is 0.378 e. The lowest BCUT2D eigenvalue weighted by Crippen LogP contribution is -2.49. The number of carbonyl (C=O) groups excluding carboxylic acids is 7. The van der Waals surface area contributed by atoms with Gasteiger partial charge in [-0.3, -0.25) is 38.5 Å². The van der Waals surface area contributed by atoms with Crippen molar-refractivity contribution >= 4 is 64.7 Å². The lowest BCUT2D eigenvalue weighted by molar-refractivity contribution is -0.126. The van der Waals surface area contributed by atoms with Crippen molar-refractivity contribution in [3.63, 3.8) is 0 Å². The molecule has 4 aromatic rings. The molecule has 0 saturated carbocycles. The van der Waals surface area contributed by atoms with Gasteiger partial charge in [0.1, 0.15) is 12.3 Å². The molecule has 2 aliphatic rings. The first-order chi connectivity index (χ1) is 34.2. The van der Waals surface area contributed by atoms with Gasteiger partial charge in [0.25, 0.3) is 17.7 Å². The zero-order valence-electron chi connectivity index (χ0n) is 40.9. The molecular formula is C46H67N15O10.